The van der Waals surface area contributed by atoms with Crippen molar-refractivity contribution in [3.63, 3.8) is 0 Å². The van der Waals surface area contributed by atoms with Crippen molar-refractivity contribution in [3.8, 4) is 5.75 Å². The van der Waals surface area contributed by atoms with E-state index in [-0.39, 0.29) is 5.54 Å². The van der Waals surface area contributed by atoms with Gasteiger partial charge in [0.2, 0.25) is 0 Å². The molecule has 1 aromatic carbocycles. The van der Waals surface area contributed by atoms with Gasteiger partial charge in [-0.1, -0.05) is 18.2 Å². The predicted octanol–water partition coefficient (Wildman–Crippen LogP) is 2.14. The molecular formula is C14H21NO2. The summed E-state index contributed by atoms with van der Waals surface area (Å²) < 4.78 is 11.0. The quantitative estimate of drug-likeness (QED) is 0.869. The lowest BCUT2D eigenvalue weighted by Gasteiger charge is -2.33. The SMILES string of the molecule is CCOc1ccccc1CC1(N)CCOCC1. The smallest absolute Gasteiger partial charge is 0.122 e. The lowest BCUT2D eigenvalue weighted by atomic mass is 9.84. The molecule has 1 heterocycles. The van der Waals surface area contributed by atoms with Crippen molar-refractivity contribution in [3.05, 3.63) is 29.8 Å². The second-order valence-corrected chi connectivity index (χ2v) is 4.69. The molecule has 0 aliphatic carbocycles. The van der Waals surface area contributed by atoms with Crippen LogP contribution in [-0.4, -0.2) is 25.4 Å². The fourth-order valence-corrected chi connectivity index (χ4v) is 2.28. The number of nitrogens with two attached hydrogens (primary N) is 1. The molecule has 94 valence electrons. The fraction of sp³-hybridized carbons (Fsp3) is 0.571. The molecule has 0 unspecified atom stereocenters. The first-order valence-electron chi connectivity index (χ1n) is 6.31. The van der Waals surface area contributed by atoms with Gasteiger partial charge in [0.1, 0.15) is 5.75 Å². The van der Waals surface area contributed by atoms with Gasteiger partial charge in [-0.25, -0.2) is 0 Å². The molecule has 2 rings (SSSR count). The maximum absolute atomic E-state index is 6.42. The van der Waals surface area contributed by atoms with Gasteiger partial charge in [-0.05, 0) is 37.8 Å². The van der Waals surface area contributed by atoms with Crippen molar-refractivity contribution in [2.75, 3.05) is 19.8 Å². The van der Waals surface area contributed by atoms with E-state index in [4.69, 9.17) is 15.2 Å². The van der Waals surface area contributed by atoms with Crippen LogP contribution in [0.5, 0.6) is 5.75 Å². The number of benzene rings is 1. The normalized spacial score (nSPS) is 18.9. The van der Waals surface area contributed by atoms with Crippen molar-refractivity contribution in [1.82, 2.24) is 0 Å². The zero-order valence-electron chi connectivity index (χ0n) is 10.4. The highest BCUT2D eigenvalue weighted by Crippen LogP contribution is 2.27. The van der Waals surface area contributed by atoms with Crippen LogP contribution in [0.3, 0.4) is 0 Å². The molecule has 2 N–H and O–H groups in total. The molecule has 0 atom stereocenters. The van der Waals surface area contributed by atoms with Crippen molar-refractivity contribution < 1.29 is 9.47 Å². The van der Waals surface area contributed by atoms with Gasteiger partial charge in [-0.2, -0.15) is 0 Å². The Morgan fingerprint density at radius 3 is 2.71 bits per heavy atom. The molecule has 17 heavy (non-hydrogen) atoms. The zero-order valence-corrected chi connectivity index (χ0v) is 10.4. The monoisotopic (exact) mass is 235 g/mol. The minimum Gasteiger partial charge on any atom is -0.494 e. The summed E-state index contributed by atoms with van der Waals surface area (Å²) in [7, 11) is 0. The third-order valence-electron chi connectivity index (χ3n) is 3.30. The van der Waals surface area contributed by atoms with Gasteiger partial charge in [0.15, 0.2) is 0 Å². The van der Waals surface area contributed by atoms with Crippen molar-refractivity contribution in [2.24, 2.45) is 5.73 Å². The topological polar surface area (TPSA) is 44.5 Å². The first-order chi connectivity index (χ1) is 8.23. The maximum atomic E-state index is 6.42. The predicted molar refractivity (Wildman–Crippen MR) is 68.3 cm³/mol. The fourth-order valence-electron chi connectivity index (χ4n) is 2.28. The Bertz CT molecular complexity index is 359. The Hall–Kier alpha value is -1.06. The zero-order chi connectivity index (χ0) is 12.1. The van der Waals surface area contributed by atoms with Crippen molar-refractivity contribution in [2.45, 2.75) is 31.7 Å². The molecule has 1 aromatic rings. The maximum Gasteiger partial charge on any atom is 0.122 e. The highest BCUT2D eigenvalue weighted by molar-refractivity contribution is 5.34. The van der Waals surface area contributed by atoms with Crippen LogP contribution in [0.25, 0.3) is 0 Å². The van der Waals surface area contributed by atoms with Crippen LogP contribution in [0.1, 0.15) is 25.3 Å². The summed E-state index contributed by atoms with van der Waals surface area (Å²) in [5.74, 6) is 0.964. The lowest BCUT2D eigenvalue weighted by Crippen LogP contribution is -2.46. The molecule has 0 amide bonds. The van der Waals surface area contributed by atoms with Gasteiger partial charge < -0.3 is 15.2 Å². The first-order valence-corrected chi connectivity index (χ1v) is 6.31. The average molecular weight is 235 g/mol. The molecule has 0 aromatic heterocycles. The summed E-state index contributed by atoms with van der Waals surface area (Å²) in [6.07, 6.45) is 2.72. The molecular weight excluding hydrogens is 214 g/mol. The van der Waals surface area contributed by atoms with Gasteiger partial charge in [0.05, 0.1) is 6.61 Å². The molecule has 3 heteroatoms. The molecule has 1 aliphatic rings. The molecule has 0 radical (unpaired) electrons. The van der Waals surface area contributed by atoms with Gasteiger partial charge in [-0.15, -0.1) is 0 Å². The van der Waals surface area contributed by atoms with Gasteiger partial charge in [0, 0.05) is 18.8 Å². The summed E-state index contributed by atoms with van der Waals surface area (Å²) in [5.41, 5.74) is 7.49. The molecule has 1 aliphatic heterocycles. The number of rotatable bonds is 4. The van der Waals surface area contributed by atoms with E-state index in [0.29, 0.717) is 6.61 Å². The minimum absolute atomic E-state index is 0.133. The number of para-hydroxylation sites is 1. The molecule has 0 saturated carbocycles. The van der Waals surface area contributed by atoms with Crippen LogP contribution in [0.4, 0.5) is 0 Å². The highest BCUT2D eigenvalue weighted by atomic mass is 16.5. The lowest BCUT2D eigenvalue weighted by molar-refractivity contribution is 0.0531. The standard InChI is InChI=1S/C14H21NO2/c1-2-17-13-6-4-3-5-12(13)11-14(15)7-9-16-10-8-14/h3-6H,2,7-11,15H2,1H3. The minimum atomic E-state index is -0.133. The second-order valence-electron chi connectivity index (χ2n) is 4.69. The summed E-state index contributed by atoms with van der Waals surface area (Å²) in [6, 6.07) is 8.17. The van der Waals surface area contributed by atoms with Crippen LogP contribution in [-0.2, 0) is 11.2 Å². The van der Waals surface area contributed by atoms with E-state index in [2.05, 4.69) is 6.07 Å². The van der Waals surface area contributed by atoms with Crippen LogP contribution in [0.15, 0.2) is 24.3 Å². The van der Waals surface area contributed by atoms with E-state index < -0.39 is 0 Å². The van der Waals surface area contributed by atoms with Crippen LogP contribution in [0, 0.1) is 0 Å². The van der Waals surface area contributed by atoms with E-state index in [1.54, 1.807) is 0 Å². The van der Waals surface area contributed by atoms with Crippen LogP contribution >= 0.6 is 0 Å². The largest absolute Gasteiger partial charge is 0.494 e. The number of hydrogen-bond acceptors (Lipinski definition) is 3. The summed E-state index contributed by atoms with van der Waals surface area (Å²) in [6.45, 7) is 4.24. The third kappa shape index (κ3) is 3.20. The van der Waals surface area contributed by atoms with Gasteiger partial charge >= 0.3 is 0 Å². The van der Waals surface area contributed by atoms with E-state index in [0.717, 1.165) is 38.2 Å². The van der Waals surface area contributed by atoms with Crippen molar-refractivity contribution >= 4 is 0 Å². The molecule has 1 saturated heterocycles. The summed E-state index contributed by atoms with van der Waals surface area (Å²) in [4.78, 5) is 0. The van der Waals surface area contributed by atoms with Crippen molar-refractivity contribution in [1.29, 1.82) is 0 Å². The van der Waals surface area contributed by atoms with Crippen LogP contribution in [0.2, 0.25) is 0 Å². The van der Waals surface area contributed by atoms with Gasteiger partial charge in [-0.3, -0.25) is 0 Å². The third-order valence-corrected chi connectivity index (χ3v) is 3.30. The first kappa shape index (κ1) is 12.4. The van der Waals surface area contributed by atoms with E-state index in [9.17, 15) is 0 Å². The van der Waals surface area contributed by atoms with Gasteiger partial charge in [0.25, 0.3) is 0 Å². The highest BCUT2D eigenvalue weighted by Gasteiger charge is 2.29. The van der Waals surface area contributed by atoms with E-state index in [1.165, 1.54) is 5.56 Å². The number of ether oxygens (including phenoxy) is 2. The summed E-state index contributed by atoms with van der Waals surface area (Å²) in [5, 5.41) is 0. The Morgan fingerprint density at radius 2 is 2.00 bits per heavy atom. The van der Waals surface area contributed by atoms with E-state index in [1.807, 2.05) is 25.1 Å². The second kappa shape index (κ2) is 5.52. The molecule has 3 nitrogen and oxygen atoms in total. The number of hydrogen-bond donors (Lipinski definition) is 1. The molecule has 1 fully saturated rings. The summed E-state index contributed by atoms with van der Waals surface area (Å²) >= 11 is 0. The average Bonchev–Trinajstić information content (AvgIpc) is 2.32. The Labute approximate surface area is 103 Å². The van der Waals surface area contributed by atoms with Crippen LogP contribution < -0.4 is 10.5 Å². The Balaban J connectivity index is 2.11. The Kier molecular flexibility index (Phi) is 4.02. The Morgan fingerprint density at radius 1 is 1.29 bits per heavy atom. The van der Waals surface area contributed by atoms with E-state index >= 15 is 0 Å². The molecule has 0 spiro atoms. The molecule has 0 bridgehead atoms.